The zero-order valence-corrected chi connectivity index (χ0v) is 12.5. The van der Waals surface area contributed by atoms with Gasteiger partial charge < -0.3 is 4.74 Å². The van der Waals surface area contributed by atoms with Crippen molar-refractivity contribution in [3.8, 4) is 0 Å². The van der Waals surface area contributed by atoms with Crippen LogP contribution in [0.2, 0.25) is 0 Å². The van der Waals surface area contributed by atoms with Gasteiger partial charge in [0.25, 0.3) is 0 Å². The van der Waals surface area contributed by atoms with Crippen LogP contribution >= 0.6 is 69.6 Å². The van der Waals surface area contributed by atoms with E-state index in [2.05, 4.69) is 4.74 Å². The molecule has 0 spiro atoms. The maximum Gasteiger partial charge on any atom is 0.330 e. The lowest BCUT2D eigenvalue weighted by Crippen LogP contribution is -2.64. The Kier molecular flexibility index (Phi) is 5.21. The number of ether oxygens (including phenoxy) is 1. The highest BCUT2D eigenvalue weighted by Gasteiger charge is 2.61. The van der Waals surface area contributed by atoms with Crippen molar-refractivity contribution in [3.05, 3.63) is 0 Å². The van der Waals surface area contributed by atoms with Gasteiger partial charge >= 0.3 is 5.97 Å². The lowest BCUT2D eigenvalue weighted by atomic mass is 9.86. The van der Waals surface area contributed by atoms with Gasteiger partial charge in [-0.2, -0.15) is 0 Å². The second-order valence-electron chi connectivity index (χ2n) is 3.40. The van der Waals surface area contributed by atoms with Crippen LogP contribution in [-0.4, -0.2) is 44.8 Å². The molecule has 1 aliphatic rings. The molecule has 0 aromatic heterocycles. The van der Waals surface area contributed by atoms with Crippen molar-refractivity contribution >= 4 is 75.6 Å². The average molecular weight is 349 g/mol. The highest BCUT2D eigenvalue weighted by Crippen LogP contribution is 2.47. The predicted molar refractivity (Wildman–Crippen MR) is 68.8 cm³/mol. The number of alkyl halides is 6. The molecule has 0 aromatic rings. The van der Waals surface area contributed by atoms with Gasteiger partial charge in [0, 0.05) is 0 Å². The Morgan fingerprint density at radius 1 is 1.00 bits per heavy atom. The maximum absolute atomic E-state index is 11.6. The van der Waals surface area contributed by atoms with E-state index in [1.165, 1.54) is 7.11 Å². The van der Waals surface area contributed by atoms with Crippen LogP contribution in [0, 0.1) is 0 Å². The molecule has 4 unspecified atom stereocenters. The first-order valence-electron chi connectivity index (χ1n) is 4.26. The Labute approximate surface area is 123 Å². The van der Waals surface area contributed by atoms with Crippen LogP contribution in [0.25, 0.3) is 0 Å². The van der Waals surface area contributed by atoms with E-state index in [1.807, 2.05) is 0 Å². The van der Waals surface area contributed by atoms with Crippen molar-refractivity contribution in [2.45, 2.75) is 31.8 Å². The summed E-state index contributed by atoms with van der Waals surface area (Å²) < 4.78 is 4.57. The van der Waals surface area contributed by atoms with E-state index >= 15 is 0 Å². The molecule has 0 N–H and O–H groups in total. The molecule has 0 bridgehead atoms. The summed E-state index contributed by atoms with van der Waals surface area (Å²) in [4.78, 5) is 9.95. The number of hydrogen-bond acceptors (Lipinski definition) is 2. The Hall–Kier alpha value is 1.21. The van der Waals surface area contributed by atoms with E-state index in [9.17, 15) is 4.79 Å². The molecule has 0 aliphatic heterocycles. The third kappa shape index (κ3) is 2.22. The fraction of sp³-hybridized carbons (Fsp3) is 0.875. The van der Waals surface area contributed by atoms with Crippen LogP contribution in [0.1, 0.15) is 0 Å². The summed E-state index contributed by atoms with van der Waals surface area (Å²) in [5, 5.41) is -4.17. The molecule has 1 fully saturated rings. The molecule has 4 atom stereocenters. The molecular weight excluding hydrogens is 341 g/mol. The molecule has 0 heterocycles. The largest absolute Gasteiger partial charge is 0.468 e. The summed E-state index contributed by atoms with van der Waals surface area (Å²) in [7, 11) is 1.18. The second kappa shape index (κ2) is 5.46. The van der Waals surface area contributed by atoms with Gasteiger partial charge in [0.15, 0.2) is 4.87 Å². The molecule has 0 saturated heterocycles. The van der Waals surface area contributed by atoms with Gasteiger partial charge in [0.2, 0.25) is 0 Å². The standard InChI is InChI=1S/C8H8Cl6O2/c1-16-7(15)8(14)5(12)3(10)2(9)4(11)6(8)13/h2-6H,1H3. The Bertz CT molecular complexity index is 270. The van der Waals surface area contributed by atoms with E-state index in [4.69, 9.17) is 69.6 Å². The van der Waals surface area contributed by atoms with Gasteiger partial charge in [-0.25, -0.2) is 0 Å². The maximum atomic E-state index is 11.6. The summed E-state index contributed by atoms with van der Waals surface area (Å²) in [5.41, 5.74) is 0. The third-order valence-electron chi connectivity index (χ3n) is 2.47. The smallest absolute Gasteiger partial charge is 0.330 e. The molecule has 94 valence electrons. The van der Waals surface area contributed by atoms with Crippen molar-refractivity contribution in [1.82, 2.24) is 0 Å². The topological polar surface area (TPSA) is 26.3 Å². The number of rotatable bonds is 1. The Balaban J connectivity index is 3.12. The summed E-state index contributed by atoms with van der Waals surface area (Å²) in [6.07, 6.45) is 0. The molecule has 16 heavy (non-hydrogen) atoms. The minimum atomic E-state index is -1.68. The van der Waals surface area contributed by atoms with E-state index in [-0.39, 0.29) is 0 Å². The van der Waals surface area contributed by atoms with Crippen molar-refractivity contribution in [3.63, 3.8) is 0 Å². The lowest BCUT2D eigenvalue weighted by Gasteiger charge is -2.44. The Morgan fingerprint density at radius 3 is 1.69 bits per heavy atom. The normalized spacial score (nSPS) is 48.8. The molecular formula is C8H8Cl6O2. The first-order chi connectivity index (χ1) is 7.28. The number of carbonyl (C=O) groups is 1. The van der Waals surface area contributed by atoms with E-state index in [1.54, 1.807) is 0 Å². The highest BCUT2D eigenvalue weighted by atomic mass is 35.5. The Morgan fingerprint density at radius 2 is 1.38 bits per heavy atom. The van der Waals surface area contributed by atoms with E-state index in [0.717, 1.165) is 0 Å². The molecule has 0 radical (unpaired) electrons. The van der Waals surface area contributed by atoms with Gasteiger partial charge in [0.05, 0.1) is 34.0 Å². The SMILES string of the molecule is COC(=O)C1(Cl)C(Cl)C(Cl)C(Cl)C(Cl)C1Cl. The zero-order valence-electron chi connectivity index (χ0n) is 7.97. The molecule has 8 heteroatoms. The number of hydrogen-bond donors (Lipinski definition) is 0. The van der Waals surface area contributed by atoms with Gasteiger partial charge in [-0.1, -0.05) is 0 Å². The van der Waals surface area contributed by atoms with Crippen molar-refractivity contribution in [1.29, 1.82) is 0 Å². The molecule has 1 rings (SSSR count). The summed E-state index contributed by atoms with van der Waals surface area (Å²) >= 11 is 36.0. The van der Waals surface area contributed by atoms with Crippen molar-refractivity contribution in [2.24, 2.45) is 0 Å². The lowest BCUT2D eigenvalue weighted by molar-refractivity contribution is -0.144. The first kappa shape index (κ1) is 15.3. The summed E-state index contributed by atoms with van der Waals surface area (Å²) in [5.74, 6) is -0.769. The van der Waals surface area contributed by atoms with Crippen LogP contribution in [0.4, 0.5) is 0 Å². The number of esters is 1. The molecule has 0 amide bonds. The fourth-order valence-corrected chi connectivity index (χ4v) is 4.03. The van der Waals surface area contributed by atoms with Crippen molar-refractivity contribution < 1.29 is 9.53 Å². The highest BCUT2D eigenvalue weighted by molar-refractivity contribution is 6.51. The number of halogens is 6. The molecule has 0 aromatic carbocycles. The minimum Gasteiger partial charge on any atom is -0.468 e. The molecule has 1 aliphatic carbocycles. The second-order valence-corrected chi connectivity index (χ2v) is 6.47. The first-order valence-corrected chi connectivity index (χ1v) is 6.82. The molecule has 2 nitrogen and oxygen atoms in total. The average Bonchev–Trinajstić information content (AvgIpc) is 2.30. The predicted octanol–water partition coefficient (Wildman–Crippen LogP) is 3.19. The summed E-state index contributed by atoms with van der Waals surface area (Å²) in [6.45, 7) is 0. The van der Waals surface area contributed by atoms with E-state index < -0.39 is 37.7 Å². The number of carbonyl (C=O) groups excluding carboxylic acids is 1. The van der Waals surface area contributed by atoms with Crippen LogP contribution in [0.3, 0.4) is 0 Å². The summed E-state index contributed by atoms with van der Waals surface area (Å²) in [6, 6.07) is 0. The van der Waals surface area contributed by atoms with Gasteiger partial charge in [0.1, 0.15) is 0 Å². The molecule has 1 saturated carbocycles. The van der Waals surface area contributed by atoms with E-state index in [0.29, 0.717) is 0 Å². The number of methoxy groups -OCH3 is 1. The monoisotopic (exact) mass is 346 g/mol. The quantitative estimate of drug-likeness (QED) is 0.537. The van der Waals surface area contributed by atoms with Gasteiger partial charge in [-0.15, -0.1) is 69.6 Å². The van der Waals surface area contributed by atoms with Crippen molar-refractivity contribution in [2.75, 3.05) is 7.11 Å². The van der Waals surface area contributed by atoms with Crippen LogP contribution < -0.4 is 0 Å². The van der Waals surface area contributed by atoms with Crippen LogP contribution in [0.15, 0.2) is 0 Å². The van der Waals surface area contributed by atoms with Gasteiger partial charge in [-0.05, 0) is 0 Å². The fourth-order valence-electron chi connectivity index (χ4n) is 1.50. The zero-order chi connectivity index (χ0) is 12.7. The third-order valence-corrected chi connectivity index (χ3v) is 6.65. The van der Waals surface area contributed by atoms with Crippen LogP contribution in [0.5, 0.6) is 0 Å². The van der Waals surface area contributed by atoms with Crippen LogP contribution in [-0.2, 0) is 9.53 Å². The minimum absolute atomic E-state index is 0.676. The van der Waals surface area contributed by atoms with Gasteiger partial charge in [-0.3, -0.25) is 4.79 Å².